The van der Waals surface area contributed by atoms with Gasteiger partial charge in [0.25, 0.3) is 0 Å². The first-order valence-electron chi connectivity index (χ1n) is 12.4. The molecule has 4 atom stereocenters. The number of urea groups is 1. The Labute approximate surface area is 225 Å². The lowest BCUT2D eigenvalue weighted by Crippen LogP contribution is -2.57. The van der Waals surface area contributed by atoms with Gasteiger partial charge in [0.2, 0.25) is 0 Å². The minimum absolute atomic E-state index is 0.0623. The van der Waals surface area contributed by atoms with E-state index in [-0.39, 0.29) is 12.2 Å². The van der Waals surface area contributed by atoms with Crippen molar-refractivity contribution in [2.75, 3.05) is 49.5 Å². The summed E-state index contributed by atoms with van der Waals surface area (Å²) in [6.07, 6.45) is -12.0. The summed E-state index contributed by atoms with van der Waals surface area (Å²) < 4.78 is 85.8. The molecule has 220 valence electrons. The van der Waals surface area contributed by atoms with Gasteiger partial charge in [-0.2, -0.15) is 13.2 Å². The Balaban J connectivity index is 1.33. The molecule has 0 saturated carbocycles. The van der Waals surface area contributed by atoms with Crippen LogP contribution in [0.2, 0.25) is 0 Å². The number of rotatable bonds is 7. The molecular weight excluding hydrogens is 550 g/mol. The fourth-order valence-electron chi connectivity index (χ4n) is 4.86. The van der Waals surface area contributed by atoms with E-state index >= 15 is 0 Å². The maximum Gasteiger partial charge on any atom is 0.573 e. The van der Waals surface area contributed by atoms with Crippen LogP contribution in [-0.2, 0) is 10.9 Å². The number of carbonyl (C=O) groups is 1. The third-order valence-corrected chi connectivity index (χ3v) is 6.73. The number of hydrogen-bond acceptors (Lipinski definition) is 7. The number of aliphatic hydroxyl groups is 2. The number of piperazine rings is 1. The number of alkyl halides is 6. The third kappa shape index (κ3) is 7.47. The zero-order valence-corrected chi connectivity index (χ0v) is 21.0. The predicted molar refractivity (Wildman–Crippen MR) is 131 cm³/mol. The Kier molecular flexibility index (Phi) is 8.97. The minimum Gasteiger partial charge on any atom is -0.406 e. The van der Waals surface area contributed by atoms with Gasteiger partial charge in [-0.25, -0.2) is 4.79 Å². The molecular formula is C25H28F6N4O5. The van der Waals surface area contributed by atoms with Gasteiger partial charge in [0.05, 0.1) is 24.3 Å². The van der Waals surface area contributed by atoms with E-state index in [1.807, 2.05) is 9.80 Å². The molecule has 0 bridgehead atoms. The molecule has 0 spiro atoms. The second-order valence-corrected chi connectivity index (χ2v) is 9.36. The zero-order chi connectivity index (χ0) is 29.1. The molecule has 0 unspecified atom stereocenters. The average Bonchev–Trinajstić information content (AvgIpc) is 3.22. The fraction of sp³-hybridized carbons (Fsp3) is 0.480. The summed E-state index contributed by atoms with van der Waals surface area (Å²) in [6.45, 7) is 0.999. The van der Waals surface area contributed by atoms with E-state index in [1.165, 1.54) is 18.2 Å². The molecule has 0 aromatic heterocycles. The summed E-state index contributed by atoms with van der Waals surface area (Å²) in [5, 5.41) is 25.5. The highest BCUT2D eigenvalue weighted by Gasteiger charge is 2.47. The lowest BCUT2D eigenvalue weighted by molar-refractivity contribution is -0.274. The van der Waals surface area contributed by atoms with Gasteiger partial charge in [0.15, 0.2) is 0 Å². The van der Waals surface area contributed by atoms with Crippen LogP contribution in [0, 0.1) is 0 Å². The fourth-order valence-corrected chi connectivity index (χ4v) is 4.86. The number of hydrogen-bond donors (Lipinski definition) is 4. The highest BCUT2D eigenvalue weighted by Crippen LogP contribution is 2.33. The van der Waals surface area contributed by atoms with E-state index in [0.717, 1.165) is 24.3 Å². The van der Waals surface area contributed by atoms with Crippen LogP contribution in [0.3, 0.4) is 0 Å². The van der Waals surface area contributed by atoms with Gasteiger partial charge in [-0.1, -0.05) is 6.07 Å². The van der Waals surface area contributed by atoms with Gasteiger partial charge in [0.1, 0.15) is 18.0 Å². The lowest BCUT2D eigenvalue weighted by atomic mass is 10.0. The topological polar surface area (TPSA) is 107 Å². The van der Waals surface area contributed by atoms with Crippen molar-refractivity contribution in [1.82, 2.24) is 10.2 Å². The molecule has 2 amide bonds. The average molecular weight is 579 g/mol. The highest BCUT2D eigenvalue weighted by molar-refractivity contribution is 5.89. The molecule has 2 aromatic rings. The Morgan fingerprint density at radius 3 is 2.27 bits per heavy atom. The number of aliphatic hydroxyl groups excluding tert-OH is 2. The van der Waals surface area contributed by atoms with Crippen LogP contribution < -0.4 is 20.3 Å². The molecule has 15 heteroatoms. The second-order valence-electron chi connectivity index (χ2n) is 9.36. The normalized spacial score (nSPS) is 24.1. The zero-order valence-electron chi connectivity index (χ0n) is 21.0. The number of nitrogens with one attached hydrogen (secondary N) is 2. The number of ether oxygens (including phenoxy) is 2. The summed E-state index contributed by atoms with van der Waals surface area (Å²) in [6, 6.07) is 8.30. The monoisotopic (exact) mass is 578 g/mol. The molecule has 4 rings (SSSR count). The molecule has 2 aliphatic heterocycles. The second kappa shape index (κ2) is 12.1. The molecule has 2 fully saturated rings. The van der Waals surface area contributed by atoms with Crippen LogP contribution in [0.25, 0.3) is 0 Å². The number of halogens is 6. The molecule has 0 aliphatic carbocycles. The van der Waals surface area contributed by atoms with Crippen LogP contribution in [0.5, 0.6) is 5.75 Å². The van der Waals surface area contributed by atoms with Gasteiger partial charge in [-0.05, 0) is 42.5 Å². The van der Waals surface area contributed by atoms with Crippen molar-refractivity contribution in [3.63, 3.8) is 0 Å². The van der Waals surface area contributed by atoms with Crippen molar-refractivity contribution in [1.29, 1.82) is 0 Å². The van der Waals surface area contributed by atoms with E-state index < -0.39 is 60.8 Å². The number of carbonyl (C=O) groups excluding carboxylic acids is 1. The minimum atomic E-state index is -4.84. The molecule has 9 nitrogen and oxygen atoms in total. The quantitative estimate of drug-likeness (QED) is 0.375. The predicted octanol–water partition coefficient (Wildman–Crippen LogP) is 3.04. The molecule has 2 heterocycles. The van der Waals surface area contributed by atoms with Gasteiger partial charge in [-0.15, -0.1) is 13.2 Å². The first-order chi connectivity index (χ1) is 18.8. The summed E-state index contributed by atoms with van der Waals surface area (Å²) >= 11 is 0. The molecule has 2 saturated heterocycles. The van der Waals surface area contributed by atoms with Crippen LogP contribution in [0.1, 0.15) is 5.56 Å². The first kappa shape index (κ1) is 29.7. The standard InChI is InChI=1S/C25H28F6N4O5/c26-24(27,28)15-2-1-3-17(12-15)34-8-10-35(11-9-34)21-19(39-20(14-36)22(21)37)13-32-23(38)33-16-4-6-18(7-5-16)40-25(29,30)31/h1-7,12,19-22,36-37H,8-11,13-14H2,(H2,32,33,38)/t19-,20+,21+,22-/m1/s1. The summed E-state index contributed by atoms with van der Waals surface area (Å²) in [5.41, 5.74) is -0.110. The Hall–Kier alpha value is -3.27. The Bertz CT molecular complexity index is 1140. The van der Waals surface area contributed by atoms with Crippen LogP contribution in [0.4, 0.5) is 42.5 Å². The van der Waals surface area contributed by atoms with Crippen molar-refractivity contribution in [3.8, 4) is 5.75 Å². The van der Waals surface area contributed by atoms with E-state index in [2.05, 4.69) is 15.4 Å². The molecule has 4 N–H and O–H groups in total. The van der Waals surface area contributed by atoms with Gasteiger partial charge >= 0.3 is 18.6 Å². The highest BCUT2D eigenvalue weighted by atomic mass is 19.4. The first-order valence-corrected chi connectivity index (χ1v) is 12.4. The largest absolute Gasteiger partial charge is 0.573 e. The number of amides is 2. The van der Waals surface area contributed by atoms with E-state index in [9.17, 15) is 41.4 Å². The smallest absolute Gasteiger partial charge is 0.406 e. The molecule has 40 heavy (non-hydrogen) atoms. The summed E-state index contributed by atoms with van der Waals surface area (Å²) in [4.78, 5) is 16.1. The molecule has 2 aromatic carbocycles. The van der Waals surface area contributed by atoms with Gasteiger partial charge in [-0.3, -0.25) is 4.90 Å². The lowest BCUT2D eigenvalue weighted by Gasteiger charge is -2.41. The van der Waals surface area contributed by atoms with Gasteiger partial charge < -0.3 is 35.2 Å². The maximum atomic E-state index is 13.1. The number of benzene rings is 2. The maximum absolute atomic E-state index is 13.1. The van der Waals surface area contributed by atoms with E-state index in [4.69, 9.17) is 4.74 Å². The van der Waals surface area contributed by atoms with Crippen LogP contribution >= 0.6 is 0 Å². The molecule has 0 radical (unpaired) electrons. The number of nitrogens with zero attached hydrogens (tertiary/aromatic N) is 2. The van der Waals surface area contributed by atoms with Gasteiger partial charge in [0, 0.05) is 44.1 Å². The van der Waals surface area contributed by atoms with Crippen molar-refractivity contribution in [2.45, 2.75) is 36.9 Å². The Morgan fingerprint density at radius 1 is 1.00 bits per heavy atom. The van der Waals surface area contributed by atoms with Crippen molar-refractivity contribution in [3.05, 3.63) is 54.1 Å². The number of anilines is 2. The Morgan fingerprint density at radius 2 is 1.68 bits per heavy atom. The SMILES string of the molecule is O=C(NC[C@H]1O[C@@H](CO)[C@@H](O)[C@H]1N1CCN(c2cccc(C(F)(F)F)c2)CC1)Nc1ccc(OC(F)(F)F)cc1. The summed E-state index contributed by atoms with van der Waals surface area (Å²) in [7, 11) is 0. The van der Waals surface area contributed by atoms with Crippen molar-refractivity contribution < 1.29 is 50.8 Å². The third-order valence-electron chi connectivity index (χ3n) is 6.73. The summed E-state index contributed by atoms with van der Waals surface area (Å²) in [5.74, 6) is -0.446. The van der Waals surface area contributed by atoms with Crippen LogP contribution in [-0.4, -0.2) is 91.2 Å². The van der Waals surface area contributed by atoms with Crippen molar-refractivity contribution in [2.24, 2.45) is 0 Å². The molecule has 2 aliphatic rings. The van der Waals surface area contributed by atoms with Crippen molar-refractivity contribution >= 4 is 17.4 Å². The van der Waals surface area contributed by atoms with E-state index in [0.29, 0.717) is 31.9 Å². The van der Waals surface area contributed by atoms with Crippen LogP contribution in [0.15, 0.2) is 48.5 Å². The van der Waals surface area contributed by atoms with E-state index in [1.54, 1.807) is 6.07 Å².